The summed E-state index contributed by atoms with van der Waals surface area (Å²) >= 11 is 1.01. The molecular weight excluding hydrogens is 361 g/mol. The number of rotatable bonds is 6. The average molecular weight is 378 g/mol. The number of carbonyl (C=O) groups is 2. The van der Waals surface area contributed by atoms with Crippen LogP contribution in [-0.2, 0) is 20.5 Å². The van der Waals surface area contributed by atoms with Crippen LogP contribution in [0.4, 0.5) is 13.2 Å². The van der Waals surface area contributed by atoms with E-state index in [0.29, 0.717) is 18.0 Å². The molecule has 1 unspecified atom stereocenters. The van der Waals surface area contributed by atoms with Gasteiger partial charge in [0.25, 0.3) is 0 Å². The van der Waals surface area contributed by atoms with Crippen molar-refractivity contribution in [1.29, 1.82) is 0 Å². The number of aromatic nitrogens is 1. The van der Waals surface area contributed by atoms with Crippen molar-refractivity contribution in [3.63, 3.8) is 0 Å². The molecule has 1 atom stereocenters. The van der Waals surface area contributed by atoms with Crippen LogP contribution in [0.5, 0.6) is 0 Å². The number of pyridine rings is 1. The molecule has 1 aromatic rings. The fraction of sp³-hybridized carbons (Fsp3) is 0.533. The standard InChI is InChI=1S/C15H17F3N2O4S/c1-24-9-14(13(22)23)4-5-20(8-14)12(21)7-25-11-3-2-10(6-19-11)15(16,17)18/h2-3,6H,4-5,7-9H2,1H3,(H,22,23). The zero-order valence-electron chi connectivity index (χ0n) is 13.4. The lowest BCUT2D eigenvalue weighted by atomic mass is 9.88. The van der Waals surface area contributed by atoms with Crippen molar-refractivity contribution >= 4 is 23.6 Å². The molecule has 6 nitrogen and oxygen atoms in total. The molecule has 1 saturated heterocycles. The Morgan fingerprint density at radius 1 is 1.44 bits per heavy atom. The minimum absolute atomic E-state index is 0.0136. The van der Waals surface area contributed by atoms with E-state index in [1.165, 1.54) is 18.1 Å². The highest BCUT2D eigenvalue weighted by Gasteiger charge is 2.46. The van der Waals surface area contributed by atoms with Gasteiger partial charge in [-0.05, 0) is 18.6 Å². The second-order valence-corrected chi connectivity index (χ2v) is 6.75. The number of likely N-dealkylation sites (tertiary alicyclic amines) is 1. The maximum Gasteiger partial charge on any atom is 0.417 e. The van der Waals surface area contributed by atoms with E-state index in [0.717, 1.165) is 24.0 Å². The topological polar surface area (TPSA) is 79.7 Å². The van der Waals surface area contributed by atoms with Crippen LogP contribution in [0.1, 0.15) is 12.0 Å². The van der Waals surface area contributed by atoms with Gasteiger partial charge < -0.3 is 14.7 Å². The zero-order chi connectivity index (χ0) is 18.7. The maximum atomic E-state index is 12.5. The molecule has 1 aromatic heterocycles. The van der Waals surface area contributed by atoms with E-state index in [4.69, 9.17) is 4.74 Å². The number of nitrogens with zero attached hydrogens (tertiary/aromatic N) is 2. The molecule has 25 heavy (non-hydrogen) atoms. The molecule has 1 amide bonds. The summed E-state index contributed by atoms with van der Waals surface area (Å²) in [6.07, 6.45) is -3.44. The van der Waals surface area contributed by atoms with Crippen molar-refractivity contribution in [3.05, 3.63) is 23.9 Å². The molecule has 1 aliphatic heterocycles. The van der Waals surface area contributed by atoms with Crippen LogP contribution in [0, 0.1) is 5.41 Å². The highest BCUT2D eigenvalue weighted by molar-refractivity contribution is 7.99. The lowest BCUT2D eigenvalue weighted by molar-refractivity contribution is -0.151. The molecular formula is C15H17F3N2O4S. The smallest absolute Gasteiger partial charge is 0.417 e. The molecule has 0 bridgehead atoms. The molecule has 138 valence electrons. The number of aliphatic carboxylic acids is 1. The molecule has 0 spiro atoms. The van der Waals surface area contributed by atoms with E-state index in [1.54, 1.807) is 0 Å². The molecule has 0 radical (unpaired) electrons. The van der Waals surface area contributed by atoms with E-state index in [-0.39, 0.29) is 24.8 Å². The fourth-order valence-electron chi connectivity index (χ4n) is 2.58. The van der Waals surface area contributed by atoms with E-state index >= 15 is 0 Å². The molecule has 10 heteroatoms. The lowest BCUT2D eigenvalue weighted by Crippen LogP contribution is -2.40. The first-order valence-corrected chi connectivity index (χ1v) is 8.33. The van der Waals surface area contributed by atoms with Crippen molar-refractivity contribution in [2.45, 2.75) is 17.6 Å². The second kappa shape index (κ2) is 7.61. The van der Waals surface area contributed by atoms with Gasteiger partial charge in [0.05, 0.1) is 22.9 Å². The van der Waals surface area contributed by atoms with E-state index in [1.807, 2.05) is 0 Å². The van der Waals surface area contributed by atoms with Gasteiger partial charge in [-0.1, -0.05) is 11.8 Å². The molecule has 0 aromatic carbocycles. The van der Waals surface area contributed by atoms with Crippen LogP contribution in [0.2, 0.25) is 0 Å². The highest BCUT2D eigenvalue weighted by atomic mass is 32.2. The summed E-state index contributed by atoms with van der Waals surface area (Å²) in [5.74, 6) is -1.33. The number of hydrogen-bond donors (Lipinski definition) is 1. The highest BCUT2D eigenvalue weighted by Crippen LogP contribution is 2.32. The number of methoxy groups -OCH3 is 1. The van der Waals surface area contributed by atoms with Gasteiger partial charge in [-0.25, -0.2) is 4.98 Å². The third-order valence-corrected chi connectivity index (χ3v) is 4.92. The first-order chi connectivity index (χ1) is 11.7. The fourth-order valence-corrected chi connectivity index (χ4v) is 3.32. The Kier molecular flexibility index (Phi) is 5.94. The van der Waals surface area contributed by atoms with Crippen molar-refractivity contribution in [2.24, 2.45) is 5.41 Å². The van der Waals surface area contributed by atoms with E-state index in [2.05, 4.69) is 4.98 Å². The summed E-state index contributed by atoms with van der Waals surface area (Å²) in [6, 6.07) is 2.11. The molecule has 1 aliphatic rings. The normalized spacial score (nSPS) is 20.7. The number of carboxylic acid groups (broad SMARTS) is 1. The Bertz CT molecular complexity index is 639. The number of ether oxygens (including phenoxy) is 1. The third-order valence-electron chi connectivity index (χ3n) is 3.99. The average Bonchev–Trinajstić information content (AvgIpc) is 2.98. The van der Waals surface area contributed by atoms with E-state index < -0.39 is 23.1 Å². The van der Waals surface area contributed by atoms with Gasteiger partial charge in [0, 0.05) is 26.4 Å². The summed E-state index contributed by atoms with van der Waals surface area (Å²) in [5.41, 5.74) is -1.96. The monoisotopic (exact) mass is 378 g/mol. The Morgan fingerprint density at radius 3 is 2.68 bits per heavy atom. The number of thioether (sulfide) groups is 1. The summed E-state index contributed by atoms with van der Waals surface area (Å²) in [4.78, 5) is 28.8. The minimum atomic E-state index is -4.46. The predicted octanol–water partition coefficient (Wildman–Crippen LogP) is 2.14. The van der Waals surface area contributed by atoms with Gasteiger partial charge in [0.15, 0.2) is 0 Å². The predicted molar refractivity (Wildman–Crippen MR) is 83.1 cm³/mol. The lowest BCUT2D eigenvalue weighted by Gasteiger charge is -2.23. The van der Waals surface area contributed by atoms with Gasteiger partial charge in [0.1, 0.15) is 5.41 Å². The molecule has 2 heterocycles. The first-order valence-electron chi connectivity index (χ1n) is 7.34. The summed E-state index contributed by atoms with van der Waals surface area (Å²) in [7, 11) is 1.40. The van der Waals surface area contributed by atoms with E-state index in [9.17, 15) is 27.9 Å². The molecule has 1 N–H and O–H groups in total. The quantitative estimate of drug-likeness (QED) is 0.764. The number of carboxylic acids is 1. The van der Waals surface area contributed by atoms with Crippen LogP contribution < -0.4 is 0 Å². The van der Waals surface area contributed by atoms with Gasteiger partial charge in [-0.3, -0.25) is 9.59 Å². The number of halogens is 3. The SMILES string of the molecule is COCC1(C(=O)O)CCN(C(=O)CSc2ccc(C(F)(F)F)cn2)C1. The van der Waals surface area contributed by atoms with Crippen molar-refractivity contribution < 1.29 is 32.6 Å². The number of hydrogen-bond acceptors (Lipinski definition) is 5. The number of amides is 1. The van der Waals surface area contributed by atoms with Gasteiger partial charge >= 0.3 is 12.1 Å². The Balaban J connectivity index is 1.92. The van der Waals surface area contributed by atoms with Crippen LogP contribution in [0.25, 0.3) is 0 Å². The maximum absolute atomic E-state index is 12.5. The van der Waals surface area contributed by atoms with Gasteiger partial charge in [0.2, 0.25) is 5.91 Å². The third kappa shape index (κ3) is 4.63. The second-order valence-electron chi connectivity index (χ2n) is 5.76. The van der Waals surface area contributed by atoms with Crippen molar-refractivity contribution in [3.8, 4) is 0 Å². The number of alkyl halides is 3. The largest absolute Gasteiger partial charge is 0.481 e. The Labute approximate surface area is 146 Å². The Hall–Kier alpha value is -1.81. The van der Waals surface area contributed by atoms with Crippen molar-refractivity contribution in [1.82, 2.24) is 9.88 Å². The van der Waals surface area contributed by atoms with Gasteiger partial charge in [-0.15, -0.1) is 0 Å². The zero-order valence-corrected chi connectivity index (χ0v) is 14.2. The summed E-state index contributed by atoms with van der Waals surface area (Å²) < 4.78 is 42.4. The van der Waals surface area contributed by atoms with Crippen LogP contribution >= 0.6 is 11.8 Å². The van der Waals surface area contributed by atoms with Crippen LogP contribution in [0.3, 0.4) is 0 Å². The first kappa shape index (κ1) is 19.5. The van der Waals surface area contributed by atoms with Gasteiger partial charge in [-0.2, -0.15) is 13.2 Å². The summed E-state index contributed by atoms with van der Waals surface area (Å²) in [5, 5.41) is 9.66. The van der Waals surface area contributed by atoms with Crippen LogP contribution in [-0.4, -0.2) is 59.4 Å². The molecule has 1 fully saturated rings. The van der Waals surface area contributed by atoms with Crippen LogP contribution in [0.15, 0.2) is 23.4 Å². The van der Waals surface area contributed by atoms with Crippen molar-refractivity contribution in [2.75, 3.05) is 32.6 Å². The minimum Gasteiger partial charge on any atom is -0.481 e. The molecule has 0 aliphatic carbocycles. The summed E-state index contributed by atoms with van der Waals surface area (Å²) in [6.45, 7) is 0.366. The molecule has 2 rings (SSSR count). The Morgan fingerprint density at radius 2 is 2.16 bits per heavy atom. The molecule has 0 saturated carbocycles. The number of carbonyl (C=O) groups excluding carboxylic acids is 1.